The van der Waals surface area contributed by atoms with E-state index in [-0.39, 0.29) is 0 Å². The predicted molar refractivity (Wildman–Crippen MR) is 67.1 cm³/mol. The smallest absolute Gasteiger partial charge is 0.344 e. The average Bonchev–Trinajstić information content (AvgIpc) is 2.26. The second-order valence-corrected chi connectivity index (χ2v) is 4.15. The minimum Gasteiger partial charge on any atom is -0.493 e. The molecule has 0 amide bonds. The first-order valence-electron chi connectivity index (χ1n) is 5.74. The van der Waals surface area contributed by atoms with E-state index in [1.54, 1.807) is 18.2 Å². The van der Waals surface area contributed by atoms with Gasteiger partial charge < -0.3 is 15.2 Å². The van der Waals surface area contributed by atoms with Crippen molar-refractivity contribution in [2.45, 2.75) is 20.8 Å². The largest absolute Gasteiger partial charge is 0.493 e. The van der Waals surface area contributed by atoms with Crippen molar-refractivity contribution in [3.8, 4) is 5.75 Å². The molecule has 0 heterocycles. The number of esters is 1. The lowest BCUT2D eigenvalue weighted by molar-refractivity contribution is 0.0456. The Morgan fingerprint density at radius 2 is 2.12 bits per heavy atom. The van der Waals surface area contributed by atoms with E-state index < -0.39 is 5.97 Å². The molecule has 2 N–H and O–H groups in total. The lowest BCUT2D eigenvalue weighted by Gasteiger charge is -2.13. The Morgan fingerprint density at radius 3 is 2.71 bits per heavy atom. The molecule has 0 atom stereocenters. The Balaban J connectivity index is 2.90. The zero-order valence-corrected chi connectivity index (χ0v) is 10.5. The van der Waals surface area contributed by atoms with Gasteiger partial charge in [0.25, 0.3) is 0 Å². The number of hydrogen-bond donors (Lipinski definition) is 1. The molecule has 0 aliphatic heterocycles. The maximum absolute atomic E-state index is 11.9. The first kappa shape index (κ1) is 13.4. The van der Waals surface area contributed by atoms with Gasteiger partial charge in [0.1, 0.15) is 11.3 Å². The molecule has 94 valence electrons. The number of rotatable bonds is 5. The molecule has 0 radical (unpaired) electrons. The lowest BCUT2D eigenvalue weighted by Crippen LogP contribution is -2.13. The SMILES string of the molecule is CCOc1cccc(N)c1C(=O)OCC(C)C. The molecule has 1 aromatic carbocycles. The van der Waals surface area contributed by atoms with Crippen molar-refractivity contribution in [3.05, 3.63) is 23.8 Å². The van der Waals surface area contributed by atoms with Crippen LogP contribution in [0.1, 0.15) is 31.1 Å². The van der Waals surface area contributed by atoms with Crippen molar-refractivity contribution in [1.82, 2.24) is 0 Å². The minimum absolute atomic E-state index is 0.291. The van der Waals surface area contributed by atoms with Gasteiger partial charge in [0.2, 0.25) is 0 Å². The van der Waals surface area contributed by atoms with Crippen molar-refractivity contribution >= 4 is 11.7 Å². The van der Waals surface area contributed by atoms with Gasteiger partial charge in [-0.1, -0.05) is 19.9 Å². The maximum Gasteiger partial charge on any atom is 0.344 e. The zero-order valence-electron chi connectivity index (χ0n) is 10.5. The van der Waals surface area contributed by atoms with Gasteiger partial charge in [-0.25, -0.2) is 4.79 Å². The van der Waals surface area contributed by atoms with Crippen LogP contribution >= 0.6 is 0 Å². The van der Waals surface area contributed by atoms with E-state index in [0.29, 0.717) is 36.1 Å². The van der Waals surface area contributed by atoms with Crippen LogP contribution in [0.25, 0.3) is 0 Å². The Morgan fingerprint density at radius 1 is 1.41 bits per heavy atom. The van der Waals surface area contributed by atoms with E-state index in [0.717, 1.165) is 0 Å². The van der Waals surface area contributed by atoms with Crippen molar-refractivity contribution in [2.75, 3.05) is 18.9 Å². The second kappa shape index (κ2) is 6.13. The molecule has 0 unspecified atom stereocenters. The summed E-state index contributed by atoms with van der Waals surface area (Å²) in [4.78, 5) is 11.9. The average molecular weight is 237 g/mol. The van der Waals surface area contributed by atoms with Crippen LogP contribution in [-0.4, -0.2) is 19.2 Å². The Kier molecular flexibility index (Phi) is 4.82. The quantitative estimate of drug-likeness (QED) is 0.631. The third-order valence-electron chi connectivity index (χ3n) is 2.11. The Labute approximate surface area is 102 Å². The second-order valence-electron chi connectivity index (χ2n) is 4.15. The third-order valence-corrected chi connectivity index (χ3v) is 2.11. The molecule has 1 rings (SSSR count). The fourth-order valence-electron chi connectivity index (χ4n) is 1.36. The lowest BCUT2D eigenvalue weighted by atomic mass is 10.1. The molecule has 17 heavy (non-hydrogen) atoms. The molecular weight excluding hydrogens is 218 g/mol. The molecule has 0 fully saturated rings. The van der Waals surface area contributed by atoms with Crippen LogP contribution in [0.3, 0.4) is 0 Å². The summed E-state index contributed by atoms with van der Waals surface area (Å²) < 4.78 is 10.5. The summed E-state index contributed by atoms with van der Waals surface area (Å²) in [5.41, 5.74) is 6.47. The van der Waals surface area contributed by atoms with E-state index in [1.165, 1.54) is 0 Å². The van der Waals surface area contributed by atoms with Gasteiger partial charge in [0.05, 0.1) is 13.2 Å². The van der Waals surface area contributed by atoms with Crippen LogP contribution in [0.2, 0.25) is 0 Å². The number of hydrogen-bond acceptors (Lipinski definition) is 4. The van der Waals surface area contributed by atoms with Gasteiger partial charge in [-0.3, -0.25) is 0 Å². The van der Waals surface area contributed by atoms with Gasteiger partial charge in [0, 0.05) is 5.69 Å². The zero-order chi connectivity index (χ0) is 12.8. The van der Waals surface area contributed by atoms with Gasteiger partial charge in [-0.15, -0.1) is 0 Å². The summed E-state index contributed by atoms with van der Waals surface area (Å²) in [7, 11) is 0. The molecule has 0 bridgehead atoms. The minimum atomic E-state index is -0.430. The molecule has 0 aliphatic carbocycles. The number of ether oxygens (including phenoxy) is 2. The predicted octanol–water partition coefficient (Wildman–Crippen LogP) is 2.48. The molecule has 4 nitrogen and oxygen atoms in total. The molecular formula is C13H19NO3. The summed E-state index contributed by atoms with van der Waals surface area (Å²) in [6, 6.07) is 5.12. The van der Waals surface area contributed by atoms with Crippen molar-refractivity contribution < 1.29 is 14.3 Å². The van der Waals surface area contributed by atoms with Crippen molar-refractivity contribution in [3.63, 3.8) is 0 Å². The van der Waals surface area contributed by atoms with E-state index in [2.05, 4.69) is 0 Å². The summed E-state index contributed by atoms with van der Waals surface area (Å²) in [5.74, 6) is 0.334. The number of carbonyl (C=O) groups excluding carboxylic acids is 1. The standard InChI is InChI=1S/C13H19NO3/c1-4-16-11-7-5-6-10(14)12(11)13(15)17-8-9(2)3/h5-7,9H,4,8,14H2,1-3H3. The van der Waals surface area contributed by atoms with E-state index in [4.69, 9.17) is 15.2 Å². The Bertz CT molecular complexity index is 388. The third kappa shape index (κ3) is 3.66. The van der Waals surface area contributed by atoms with Gasteiger partial charge in [-0.05, 0) is 25.0 Å². The van der Waals surface area contributed by atoms with E-state index >= 15 is 0 Å². The highest BCUT2D eigenvalue weighted by atomic mass is 16.5. The van der Waals surface area contributed by atoms with Crippen LogP contribution in [0.15, 0.2) is 18.2 Å². The van der Waals surface area contributed by atoms with Gasteiger partial charge >= 0.3 is 5.97 Å². The van der Waals surface area contributed by atoms with E-state index in [9.17, 15) is 4.79 Å². The van der Waals surface area contributed by atoms with Crippen LogP contribution in [0.5, 0.6) is 5.75 Å². The number of carbonyl (C=O) groups is 1. The molecule has 0 aromatic heterocycles. The summed E-state index contributed by atoms with van der Waals surface area (Å²) >= 11 is 0. The highest BCUT2D eigenvalue weighted by molar-refractivity contribution is 5.98. The van der Waals surface area contributed by atoms with E-state index in [1.807, 2.05) is 20.8 Å². The number of benzene rings is 1. The van der Waals surface area contributed by atoms with Crippen molar-refractivity contribution in [1.29, 1.82) is 0 Å². The molecule has 0 aliphatic rings. The van der Waals surface area contributed by atoms with Gasteiger partial charge in [0.15, 0.2) is 0 Å². The van der Waals surface area contributed by atoms with Crippen LogP contribution in [0, 0.1) is 5.92 Å². The summed E-state index contributed by atoms with van der Waals surface area (Å²) in [6.07, 6.45) is 0. The number of nitrogen functional groups attached to an aromatic ring is 1. The number of nitrogens with two attached hydrogens (primary N) is 1. The van der Waals surface area contributed by atoms with Crippen LogP contribution in [0.4, 0.5) is 5.69 Å². The molecule has 0 saturated carbocycles. The monoisotopic (exact) mass is 237 g/mol. The fourth-order valence-corrected chi connectivity index (χ4v) is 1.36. The topological polar surface area (TPSA) is 61.5 Å². The first-order valence-corrected chi connectivity index (χ1v) is 5.74. The summed E-state index contributed by atoms with van der Waals surface area (Å²) in [6.45, 7) is 6.66. The fraction of sp³-hybridized carbons (Fsp3) is 0.462. The molecule has 0 spiro atoms. The molecule has 0 saturated heterocycles. The Hall–Kier alpha value is -1.71. The van der Waals surface area contributed by atoms with Gasteiger partial charge in [-0.2, -0.15) is 0 Å². The highest BCUT2D eigenvalue weighted by Crippen LogP contribution is 2.25. The molecule has 4 heteroatoms. The van der Waals surface area contributed by atoms with Crippen molar-refractivity contribution in [2.24, 2.45) is 5.92 Å². The first-order chi connectivity index (χ1) is 8.06. The highest BCUT2D eigenvalue weighted by Gasteiger charge is 2.17. The van der Waals surface area contributed by atoms with Crippen LogP contribution < -0.4 is 10.5 Å². The normalized spacial score (nSPS) is 10.4. The maximum atomic E-state index is 11.9. The molecule has 1 aromatic rings. The number of anilines is 1. The van der Waals surface area contributed by atoms with Crippen LogP contribution in [-0.2, 0) is 4.74 Å². The summed E-state index contributed by atoms with van der Waals surface area (Å²) in [5, 5.41) is 0.